The number of ether oxygens (including phenoxy) is 1. The Hall–Kier alpha value is -0.970. The number of rotatable bonds is 5. The Morgan fingerprint density at radius 2 is 2.05 bits per heavy atom. The minimum Gasteiger partial charge on any atom is -0.457 e. The lowest BCUT2D eigenvalue weighted by Gasteiger charge is -2.14. The van der Waals surface area contributed by atoms with E-state index in [-0.39, 0.29) is 0 Å². The highest BCUT2D eigenvalue weighted by Crippen LogP contribution is 2.33. The van der Waals surface area contributed by atoms with E-state index in [9.17, 15) is 0 Å². The second-order valence-electron chi connectivity index (χ2n) is 4.38. The molecule has 0 aliphatic carbocycles. The average molecular weight is 352 g/mol. The molecule has 4 heteroatoms. The summed E-state index contributed by atoms with van der Waals surface area (Å²) in [5, 5.41) is 0. The van der Waals surface area contributed by atoms with Gasteiger partial charge in [-0.15, -0.1) is 11.8 Å². The highest BCUT2D eigenvalue weighted by Gasteiger charge is 2.09. The van der Waals surface area contributed by atoms with Gasteiger partial charge in [-0.05, 0) is 48.6 Å². The van der Waals surface area contributed by atoms with Crippen LogP contribution >= 0.6 is 27.7 Å². The van der Waals surface area contributed by atoms with Gasteiger partial charge in [0.15, 0.2) is 0 Å². The number of aryl methyl sites for hydroxylation is 1. The van der Waals surface area contributed by atoms with E-state index in [0.717, 1.165) is 32.9 Å². The zero-order chi connectivity index (χ0) is 14.5. The lowest BCUT2D eigenvalue weighted by atomic mass is 10.2. The van der Waals surface area contributed by atoms with Crippen LogP contribution in [0.15, 0.2) is 45.8 Å². The van der Waals surface area contributed by atoms with E-state index in [1.807, 2.05) is 37.3 Å². The molecule has 0 radical (unpaired) electrons. The molecule has 0 aromatic heterocycles. The molecular weight excluding hydrogens is 334 g/mol. The fraction of sp³-hybridized carbons (Fsp3) is 0.250. The van der Waals surface area contributed by atoms with E-state index in [4.69, 9.17) is 10.5 Å². The molecule has 0 fully saturated rings. The van der Waals surface area contributed by atoms with Crippen molar-refractivity contribution in [2.45, 2.75) is 25.3 Å². The summed E-state index contributed by atoms with van der Waals surface area (Å²) in [5.74, 6) is 2.69. The molecule has 0 bridgehead atoms. The van der Waals surface area contributed by atoms with Crippen molar-refractivity contribution >= 4 is 27.7 Å². The first-order chi connectivity index (χ1) is 9.65. The molecule has 0 unspecified atom stereocenters. The van der Waals surface area contributed by atoms with Crippen LogP contribution in [0.25, 0.3) is 0 Å². The number of hydrogen-bond donors (Lipinski definition) is 1. The van der Waals surface area contributed by atoms with Gasteiger partial charge in [-0.1, -0.05) is 28.9 Å². The monoisotopic (exact) mass is 351 g/mol. The Labute approximate surface area is 132 Å². The zero-order valence-electron chi connectivity index (χ0n) is 11.7. The predicted molar refractivity (Wildman–Crippen MR) is 89.7 cm³/mol. The van der Waals surface area contributed by atoms with Crippen LogP contribution in [0.4, 0.5) is 0 Å². The summed E-state index contributed by atoms with van der Waals surface area (Å²) in [6.45, 7) is 4.66. The van der Waals surface area contributed by atoms with E-state index >= 15 is 0 Å². The number of thioether (sulfide) groups is 1. The third-order valence-corrected chi connectivity index (χ3v) is 4.82. The van der Waals surface area contributed by atoms with Gasteiger partial charge in [0.2, 0.25) is 0 Å². The van der Waals surface area contributed by atoms with E-state index in [1.165, 1.54) is 4.90 Å². The van der Waals surface area contributed by atoms with Gasteiger partial charge in [-0.2, -0.15) is 0 Å². The standard InChI is InChI=1S/C16H18BrNOS/c1-3-20-16-6-4-5-15(13(16)10-18)19-12-7-8-14(17)11(2)9-12/h4-9H,3,10,18H2,1-2H3. The molecule has 0 amide bonds. The molecule has 0 saturated carbocycles. The Morgan fingerprint density at radius 1 is 1.25 bits per heavy atom. The molecular formula is C16H18BrNOS. The van der Waals surface area contributed by atoms with Crippen LogP contribution in [0.3, 0.4) is 0 Å². The Balaban J connectivity index is 2.32. The fourth-order valence-electron chi connectivity index (χ4n) is 1.94. The minimum absolute atomic E-state index is 0.480. The molecule has 0 spiro atoms. The van der Waals surface area contributed by atoms with Crippen molar-refractivity contribution in [2.75, 3.05) is 5.75 Å². The number of halogens is 1. The summed E-state index contributed by atoms with van der Waals surface area (Å²) >= 11 is 5.29. The molecule has 106 valence electrons. The first-order valence-electron chi connectivity index (χ1n) is 6.54. The summed E-state index contributed by atoms with van der Waals surface area (Å²) in [6, 6.07) is 12.0. The third kappa shape index (κ3) is 3.57. The van der Waals surface area contributed by atoms with Crippen molar-refractivity contribution in [2.24, 2.45) is 5.73 Å². The maximum atomic E-state index is 6.01. The van der Waals surface area contributed by atoms with Gasteiger partial charge < -0.3 is 10.5 Å². The summed E-state index contributed by atoms with van der Waals surface area (Å²) in [6.07, 6.45) is 0. The third-order valence-electron chi connectivity index (χ3n) is 2.95. The van der Waals surface area contributed by atoms with Gasteiger partial charge in [0.05, 0.1) is 0 Å². The van der Waals surface area contributed by atoms with E-state index in [2.05, 4.69) is 28.9 Å². The molecule has 0 saturated heterocycles. The van der Waals surface area contributed by atoms with Gasteiger partial charge in [-0.3, -0.25) is 0 Å². The van der Waals surface area contributed by atoms with Crippen molar-refractivity contribution in [1.82, 2.24) is 0 Å². The van der Waals surface area contributed by atoms with Crippen LogP contribution in [0.1, 0.15) is 18.1 Å². The highest BCUT2D eigenvalue weighted by atomic mass is 79.9. The van der Waals surface area contributed by atoms with E-state index < -0.39 is 0 Å². The van der Waals surface area contributed by atoms with Crippen molar-refractivity contribution in [3.05, 3.63) is 52.0 Å². The lowest BCUT2D eigenvalue weighted by Crippen LogP contribution is -2.01. The molecule has 0 aliphatic rings. The summed E-state index contributed by atoms with van der Waals surface area (Å²) in [4.78, 5) is 1.20. The van der Waals surface area contributed by atoms with Crippen molar-refractivity contribution in [3.8, 4) is 11.5 Å². The topological polar surface area (TPSA) is 35.2 Å². The first kappa shape index (κ1) is 15.4. The van der Waals surface area contributed by atoms with Crippen LogP contribution in [-0.4, -0.2) is 5.75 Å². The quantitative estimate of drug-likeness (QED) is 0.759. The number of benzene rings is 2. The highest BCUT2D eigenvalue weighted by molar-refractivity contribution is 9.10. The van der Waals surface area contributed by atoms with E-state index in [0.29, 0.717) is 6.54 Å². The zero-order valence-corrected chi connectivity index (χ0v) is 14.1. The fourth-order valence-corrected chi connectivity index (χ4v) is 3.03. The molecule has 0 heterocycles. The maximum absolute atomic E-state index is 6.01. The van der Waals surface area contributed by atoms with Crippen LogP contribution < -0.4 is 10.5 Å². The van der Waals surface area contributed by atoms with Crippen molar-refractivity contribution in [3.63, 3.8) is 0 Å². The second-order valence-corrected chi connectivity index (χ2v) is 6.54. The Morgan fingerprint density at radius 3 is 2.70 bits per heavy atom. The van der Waals surface area contributed by atoms with Crippen molar-refractivity contribution in [1.29, 1.82) is 0 Å². The van der Waals surface area contributed by atoms with Crippen molar-refractivity contribution < 1.29 is 4.74 Å². The van der Waals surface area contributed by atoms with Gasteiger partial charge >= 0.3 is 0 Å². The summed E-state index contributed by atoms with van der Waals surface area (Å²) in [5.41, 5.74) is 8.11. The lowest BCUT2D eigenvalue weighted by molar-refractivity contribution is 0.474. The molecule has 2 rings (SSSR count). The molecule has 2 nitrogen and oxygen atoms in total. The molecule has 0 atom stereocenters. The SMILES string of the molecule is CCSc1cccc(Oc2ccc(Br)c(C)c2)c1CN. The van der Waals surface area contributed by atoms with Crippen LogP contribution in [0, 0.1) is 6.92 Å². The van der Waals surface area contributed by atoms with Gasteiger partial charge in [0, 0.05) is 21.5 Å². The number of nitrogens with two attached hydrogens (primary N) is 1. The van der Waals surface area contributed by atoms with Crippen LogP contribution in [0.2, 0.25) is 0 Å². The normalized spacial score (nSPS) is 10.6. The molecule has 20 heavy (non-hydrogen) atoms. The van der Waals surface area contributed by atoms with Gasteiger partial charge in [-0.25, -0.2) is 0 Å². The summed E-state index contributed by atoms with van der Waals surface area (Å²) < 4.78 is 7.09. The van der Waals surface area contributed by atoms with Crippen LogP contribution in [-0.2, 0) is 6.54 Å². The van der Waals surface area contributed by atoms with Crippen LogP contribution in [0.5, 0.6) is 11.5 Å². The first-order valence-corrected chi connectivity index (χ1v) is 8.32. The average Bonchev–Trinajstić information content (AvgIpc) is 2.44. The van der Waals surface area contributed by atoms with Gasteiger partial charge in [0.1, 0.15) is 11.5 Å². The molecule has 2 aromatic carbocycles. The summed E-state index contributed by atoms with van der Waals surface area (Å²) in [7, 11) is 0. The maximum Gasteiger partial charge on any atom is 0.133 e. The van der Waals surface area contributed by atoms with E-state index in [1.54, 1.807) is 11.8 Å². The second kappa shape index (κ2) is 7.16. The van der Waals surface area contributed by atoms with Gasteiger partial charge in [0.25, 0.3) is 0 Å². The molecule has 2 N–H and O–H groups in total. The predicted octanol–water partition coefficient (Wildman–Crippen LogP) is 5.12. The Kier molecular flexibility index (Phi) is 5.52. The largest absolute Gasteiger partial charge is 0.457 e. The Bertz CT molecular complexity index is 601. The molecule has 2 aromatic rings. The number of hydrogen-bond acceptors (Lipinski definition) is 3. The smallest absolute Gasteiger partial charge is 0.133 e. The molecule has 0 aliphatic heterocycles. The minimum atomic E-state index is 0.480.